The topological polar surface area (TPSA) is 153 Å². The van der Waals surface area contributed by atoms with Crippen LogP contribution in [-0.4, -0.2) is 67.2 Å². The van der Waals surface area contributed by atoms with Crippen LogP contribution in [-0.2, 0) is 9.53 Å². The minimum Gasteiger partial charge on any atom is -0.387 e. The van der Waals surface area contributed by atoms with Crippen molar-refractivity contribution in [3.05, 3.63) is 16.7 Å². The number of nitrogens with one attached hydrogen (secondary N) is 1. The Labute approximate surface area is 155 Å². The number of nitrogens with zero attached hydrogens (tertiary/aromatic N) is 4. The molecule has 3 rings (SSSR count). The Morgan fingerprint density at radius 1 is 1.37 bits per heavy atom. The van der Waals surface area contributed by atoms with Gasteiger partial charge in [-0.3, -0.25) is 14.8 Å². The summed E-state index contributed by atoms with van der Waals surface area (Å²) in [7, 11) is 0. The number of ether oxygens (including phenoxy) is 1. The predicted molar refractivity (Wildman–Crippen MR) is 94.9 cm³/mol. The second kappa shape index (κ2) is 7.39. The number of amidine groups is 1. The summed E-state index contributed by atoms with van der Waals surface area (Å²) in [6.07, 6.45) is -4.94. The normalized spacial score (nSPS) is 28.0. The Morgan fingerprint density at radius 2 is 2.07 bits per heavy atom. The summed E-state index contributed by atoms with van der Waals surface area (Å²) in [6.45, 7) is 5.39. The quantitative estimate of drug-likeness (QED) is 0.485. The highest BCUT2D eigenvalue weighted by atomic mass is 16.6. The minimum atomic E-state index is -1.55. The van der Waals surface area contributed by atoms with Crippen molar-refractivity contribution in [2.45, 2.75) is 64.3 Å². The molecule has 0 radical (unpaired) electrons. The molecule has 1 fully saturated rings. The number of aliphatic imine (C=N–C) groups is 1. The van der Waals surface area contributed by atoms with Gasteiger partial charge in [0.1, 0.15) is 36.2 Å². The van der Waals surface area contributed by atoms with E-state index in [9.17, 15) is 20.1 Å². The summed E-state index contributed by atoms with van der Waals surface area (Å²) < 4.78 is 7.18. The van der Waals surface area contributed by atoms with Crippen molar-refractivity contribution in [2.75, 3.05) is 0 Å². The number of imidazole rings is 1. The lowest BCUT2D eigenvalue weighted by molar-refractivity contribution is -0.141. The molecule has 0 saturated carbocycles. The van der Waals surface area contributed by atoms with E-state index in [-0.39, 0.29) is 23.4 Å². The summed E-state index contributed by atoms with van der Waals surface area (Å²) in [6, 6.07) is 0. The number of aliphatic hydroxyl groups is 3. The molecule has 0 spiro atoms. The lowest BCUT2D eigenvalue weighted by Crippen LogP contribution is -2.43. The van der Waals surface area contributed by atoms with Crippen LogP contribution in [0.3, 0.4) is 0 Å². The molecule has 1 aromatic heterocycles. The van der Waals surface area contributed by atoms with Crippen LogP contribution in [0, 0.1) is 5.41 Å². The molecule has 27 heavy (non-hydrogen) atoms. The molecule has 1 unspecified atom stereocenters. The van der Waals surface area contributed by atoms with Crippen molar-refractivity contribution in [1.82, 2.24) is 9.55 Å². The second-order valence-corrected chi connectivity index (χ2v) is 6.83. The molecule has 2 aliphatic heterocycles. The molecule has 0 aliphatic carbocycles. The van der Waals surface area contributed by atoms with Crippen LogP contribution >= 0.6 is 0 Å². The van der Waals surface area contributed by atoms with Crippen molar-refractivity contribution in [3.63, 3.8) is 0 Å². The molecule has 0 aromatic carbocycles. The molecule has 2 aliphatic rings. The van der Waals surface area contributed by atoms with Gasteiger partial charge in [-0.05, 0) is 25.8 Å². The van der Waals surface area contributed by atoms with Crippen molar-refractivity contribution in [2.24, 2.45) is 9.98 Å². The van der Waals surface area contributed by atoms with Crippen molar-refractivity contribution >= 4 is 23.5 Å². The molecule has 0 bridgehead atoms. The van der Waals surface area contributed by atoms with Gasteiger partial charge in [0.25, 0.3) is 0 Å². The van der Waals surface area contributed by atoms with Crippen molar-refractivity contribution < 1.29 is 24.9 Å². The standard InChI is InChI=1S/C17H23N5O5/c1-4-5-8(23)10(24)13-11(25)12(26)17(27-13)22-15(7(2)3)21-9-14(18)19-6-20-16(9)22/h6,10-13,17-18,24-26H,4-5H2,1-3H3/t10?,11-,12+,13+,17+/m0/s1. The smallest absolute Gasteiger partial charge is 0.176 e. The fourth-order valence-corrected chi connectivity index (χ4v) is 3.24. The average Bonchev–Trinajstić information content (AvgIpc) is 3.14. The van der Waals surface area contributed by atoms with E-state index >= 15 is 0 Å². The minimum absolute atomic E-state index is 0.0796. The third-order valence-corrected chi connectivity index (χ3v) is 4.59. The van der Waals surface area contributed by atoms with Gasteiger partial charge in [0.2, 0.25) is 0 Å². The molecule has 5 atom stereocenters. The lowest BCUT2D eigenvalue weighted by Gasteiger charge is -2.20. The first-order chi connectivity index (χ1) is 12.8. The number of fused-ring (bicyclic) bond motifs is 1. The van der Waals surface area contributed by atoms with E-state index in [1.54, 1.807) is 20.8 Å². The van der Waals surface area contributed by atoms with E-state index in [4.69, 9.17) is 10.1 Å². The van der Waals surface area contributed by atoms with Crippen LogP contribution in [0.5, 0.6) is 0 Å². The largest absolute Gasteiger partial charge is 0.387 e. The zero-order valence-electron chi connectivity index (χ0n) is 15.3. The van der Waals surface area contributed by atoms with Gasteiger partial charge >= 0.3 is 0 Å². The molecule has 10 heteroatoms. The van der Waals surface area contributed by atoms with E-state index in [2.05, 4.69) is 15.0 Å². The number of aliphatic hydroxyl groups excluding tert-OH is 3. The fourth-order valence-electron chi connectivity index (χ4n) is 3.24. The number of Topliss-reactive ketones (excluding diaryl/α,β-unsaturated/α-hetero) is 1. The second-order valence-electron chi connectivity index (χ2n) is 6.83. The van der Waals surface area contributed by atoms with E-state index in [1.807, 2.05) is 0 Å². The summed E-state index contributed by atoms with van der Waals surface area (Å²) in [4.78, 5) is 24.3. The molecular formula is C17H23N5O5. The fraction of sp³-hybridized carbons (Fsp3) is 0.588. The van der Waals surface area contributed by atoms with Crippen LogP contribution < -0.4 is 11.0 Å². The van der Waals surface area contributed by atoms with E-state index in [0.717, 1.165) is 5.57 Å². The highest BCUT2D eigenvalue weighted by Crippen LogP contribution is 2.30. The van der Waals surface area contributed by atoms with Crippen LogP contribution in [0.2, 0.25) is 0 Å². The average molecular weight is 377 g/mol. The number of rotatable bonds is 5. The van der Waals surface area contributed by atoms with Gasteiger partial charge in [-0.1, -0.05) is 6.92 Å². The zero-order valence-corrected chi connectivity index (χ0v) is 15.3. The van der Waals surface area contributed by atoms with Crippen LogP contribution in [0.25, 0.3) is 5.57 Å². The number of hydrogen-bond donors (Lipinski definition) is 4. The van der Waals surface area contributed by atoms with Crippen molar-refractivity contribution in [3.8, 4) is 0 Å². The number of hydrogen-bond acceptors (Lipinski definition) is 8. The van der Waals surface area contributed by atoms with Gasteiger partial charge in [-0.2, -0.15) is 0 Å². The van der Waals surface area contributed by atoms with Gasteiger partial charge in [0.05, 0.1) is 0 Å². The maximum absolute atomic E-state index is 12.0. The molecule has 4 N–H and O–H groups in total. The molecule has 1 aromatic rings. The van der Waals surface area contributed by atoms with Gasteiger partial charge in [0.15, 0.2) is 29.0 Å². The molecule has 0 amide bonds. The molecular weight excluding hydrogens is 354 g/mol. The molecule has 10 nitrogen and oxygen atoms in total. The summed E-state index contributed by atoms with van der Waals surface area (Å²) in [5.74, 6) is -0.539. The number of carbonyl (C=O) groups excluding carboxylic acids is 1. The van der Waals surface area contributed by atoms with Crippen molar-refractivity contribution in [1.29, 1.82) is 5.41 Å². The highest BCUT2D eigenvalue weighted by Gasteiger charge is 2.49. The SMILES string of the molecule is CCCC(=O)C(O)[C@H]1O[C@@H](n2c(=C(C)C)nc3c2=NC=NC3=N)[C@H](O)[C@@H]1O. The first-order valence-electron chi connectivity index (χ1n) is 8.75. The summed E-state index contributed by atoms with van der Waals surface area (Å²) in [5, 5.41) is 39.1. The number of carbonyl (C=O) groups is 1. The predicted octanol–water partition coefficient (Wildman–Crippen LogP) is -1.59. The Morgan fingerprint density at radius 3 is 2.70 bits per heavy atom. The van der Waals surface area contributed by atoms with Gasteiger partial charge in [0, 0.05) is 6.42 Å². The van der Waals surface area contributed by atoms with Gasteiger partial charge in [-0.25, -0.2) is 15.0 Å². The Kier molecular flexibility index (Phi) is 5.33. The zero-order chi connectivity index (χ0) is 19.9. The van der Waals surface area contributed by atoms with E-state index in [0.29, 0.717) is 11.9 Å². The Balaban J connectivity index is 2.06. The lowest BCUT2D eigenvalue weighted by atomic mass is 10.0. The number of ketones is 1. The maximum Gasteiger partial charge on any atom is 0.176 e. The van der Waals surface area contributed by atoms with Gasteiger partial charge in [-0.15, -0.1) is 0 Å². The Bertz CT molecular complexity index is 917. The van der Waals surface area contributed by atoms with E-state index in [1.165, 1.54) is 10.9 Å². The van der Waals surface area contributed by atoms with Gasteiger partial charge < -0.3 is 20.1 Å². The Hall–Kier alpha value is -2.27. The van der Waals surface area contributed by atoms with Crippen LogP contribution in [0.15, 0.2) is 9.98 Å². The third-order valence-electron chi connectivity index (χ3n) is 4.59. The molecule has 3 heterocycles. The van der Waals surface area contributed by atoms with Crippen LogP contribution in [0.4, 0.5) is 0 Å². The third kappa shape index (κ3) is 3.25. The maximum atomic E-state index is 12.0. The summed E-state index contributed by atoms with van der Waals surface area (Å²) >= 11 is 0. The first kappa shape index (κ1) is 19.5. The van der Waals surface area contributed by atoms with E-state index < -0.39 is 36.4 Å². The summed E-state index contributed by atoms with van der Waals surface area (Å²) in [5.41, 5.74) is 1.66. The molecule has 146 valence electrons. The van der Waals surface area contributed by atoms with Crippen LogP contribution in [0.1, 0.15) is 45.5 Å². The number of aromatic nitrogens is 2. The monoisotopic (exact) mass is 377 g/mol. The molecule has 1 saturated heterocycles. The highest BCUT2D eigenvalue weighted by molar-refractivity contribution is 6.00. The first-order valence-corrected chi connectivity index (χ1v) is 8.75.